The van der Waals surface area contributed by atoms with Gasteiger partial charge in [-0.15, -0.1) is 3.63 Å². The van der Waals surface area contributed by atoms with Crippen molar-refractivity contribution in [2.24, 2.45) is 0 Å². The highest BCUT2D eigenvalue weighted by molar-refractivity contribution is 7.94. The lowest BCUT2D eigenvalue weighted by molar-refractivity contribution is -0.355. The van der Waals surface area contributed by atoms with Gasteiger partial charge < -0.3 is 55.1 Å². The number of rotatable bonds is 22. The lowest BCUT2D eigenvalue weighted by Crippen LogP contribution is -2.64. The van der Waals surface area contributed by atoms with E-state index in [1.807, 2.05) is 0 Å². The van der Waals surface area contributed by atoms with E-state index < -0.39 is 95.4 Å². The molecule has 288 valence electrons. The van der Waals surface area contributed by atoms with Gasteiger partial charge in [0.2, 0.25) is 0 Å². The normalized spacial score (nSPS) is 31.3. The molecule has 0 saturated carbocycles. The van der Waals surface area contributed by atoms with E-state index in [0.717, 1.165) is 19.3 Å². The average Bonchev–Trinajstić information content (AvgIpc) is 3.02. The standard InChI is InChI=1S/C16H34O7S2.C12H22O11/c1-2-3-4-5-6-7-8-9-10-11-12-13-14-15-16-22-25(20,21)23-24(17,18)19;13-1-3-5(15)6(16)9(19)12(22-3)23-10-4(2-14)21-11(20)8(18)7(10)17/h2-16H2,1H3,(H,17,18,19);3-20H,1-2H2/t;3-,4-,5-,6+,7-,8-,9-,10-,11-,12-/m.1/s1. The van der Waals surface area contributed by atoms with Gasteiger partial charge in [0.1, 0.15) is 48.8 Å². The molecule has 2 heterocycles. The van der Waals surface area contributed by atoms with Gasteiger partial charge in [0.05, 0.1) is 19.8 Å². The van der Waals surface area contributed by atoms with Crippen LogP contribution in [0.15, 0.2) is 0 Å². The van der Waals surface area contributed by atoms with Crippen molar-refractivity contribution in [1.82, 2.24) is 0 Å². The quantitative estimate of drug-likeness (QED) is 0.0482. The fourth-order valence-electron chi connectivity index (χ4n) is 5.15. The zero-order valence-corrected chi connectivity index (χ0v) is 28.9. The van der Waals surface area contributed by atoms with Gasteiger partial charge in [0, 0.05) is 0 Å². The summed E-state index contributed by atoms with van der Waals surface area (Å²) in [6.45, 7) is 0.728. The molecule has 9 N–H and O–H groups in total. The van der Waals surface area contributed by atoms with Crippen molar-refractivity contribution in [2.75, 3.05) is 19.8 Å². The van der Waals surface area contributed by atoms with Crippen LogP contribution in [0.5, 0.6) is 0 Å². The van der Waals surface area contributed by atoms with E-state index in [9.17, 15) is 52.6 Å². The Morgan fingerprint density at radius 3 is 1.52 bits per heavy atom. The first kappa shape index (κ1) is 45.4. The van der Waals surface area contributed by atoms with Crippen LogP contribution >= 0.6 is 0 Å². The zero-order valence-electron chi connectivity index (χ0n) is 27.3. The van der Waals surface area contributed by atoms with Gasteiger partial charge in [-0.1, -0.05) is 90.4 Å². The third-order valence-corrected chi connectivity index (χ3v) is 9.68. The molecule has 0 aromatic rings. The molecule has 2 rings (SSSR count). The second kappa shape index (κ2) is 23.7. The third kappa shape index (κ3) is 17.5. The van der Waals surface area contributed by atoms with E-state index in [2.05, 4.69) is 14.7 Å². The number of aliphatic hydroxyl groups excluding tert-OH is 8. The predicted molar refractivity (Wildman–Crippen MR) is 166 cm³/mol. The maximum Gasteiger partial charge on any atom is 0.416 e. The Balaban J connectivity index is 0.000000481. The van der Waals surface area contributed by atoms with Gasteiger partial charge in [-0.25, -0.2) is 4.18 Å². The molecule has 0 bridgehead atoms. The molecule has 2 saturated heterocycles. The highest BCUT2D eigenvalue weighted by atomic mass is 32.3. The van der Waals surface area contributed by atoms with Crippen LogP contribution in [0.4, 0.5) is 0 Å². The van der Waals surface area contributed by atoms with Gasteiger partial charge in [0.25, 0.3) is 0 Å². The van der Waals surface area contributed by atoms with Crippen molar-refractivity contribution >= 4 is 20.8 Å². The smallest absolute Gasteiger partial charge is 0.394 e. The molecule has 0 unspecified atom stereocenters. The Morgan fingerprint density at radius 1 is 0.583 bits per heavy atom. The molecule has 0 aromatic heterocycles. The minimum absolute atomic E-state index is 0.157. The van der Waals surface area contributed by atoms with E-state index in [0.29, 0.717) is 6.42 Å². The summed E-state index contributed by atoms with van der Waals surface area (Å²) in [4.78, 5) is 0. The SMILES string of the molecule is CCCCCCCCCCCCCCCCOS(=O)(=O)OS(=O)(=O)O.OC[C@H]1O[C@H](O[C@H]2[C@H](O)[C@@H](O)[C@H](O)O[C@@H]2CO)[C@H](O)[C@@H](O)[C@@H]1O. The summed E-state index contributed by atoms with van der Waals surface area (Å²) in [5.74, 6) is 0. The van der Waals surface area contributed by atoms with Crippen molar-refractivity contribution in [2.45, 2.75) is 158 Å². The molecule has 0 aromatic carbocycles. The van der Waals surface area contributed by atoms with Gasteiger partial charge in [0.15, 0.2) is 12.6 Å². The highest BCUT2D eigenvalue weighted by Gasteiger charge is 2.50. The maximum atomic E-state index is 11.0. The summed E-state index contributed by atoms with van der Waals surface area (Å²) in [5, 5.41) is 76.5. The van der Waals surface area contributed by atoms with Crippen molar-refractivity contribution in [3.05, 3.63) is 0 Å². The molecule has 0 aliphatic carbocycles. The Kier molecular flexibility index (Phi) is 22.4. The van der Waals surface area contributed by atoms with Crippen LogP contribution in [-0.2, 0) is 42.8 Å². The molecule has 18 nitrogen and oxygen atoms in total. The highest BCUT2D eigenvalue weighted by Crippen LogP contribution is 2.28. The molecule has 20 heteroatoms. The Morgan fingerprint density at radius 2 is 1.06 bits per heavy atom. The van der Waals surface area contributed by atoms with Crippen molar-refractivity contribution in [3.8, 4) is 0 Å². The monoisotopic (exact) mass is 744 g/mol. The molecule has 0 radical (unpaired) electrons. The van der Waals surface area contributed by atoms with Crippen LogP contribution in [-0.4, -0.2) is 143 Å². The molecule has 0 amide bonds. The summed E-state index contributed by atoms with van der Waals surface area (Å²) in [6, 6.07) is 0. The summed E-state index contributed by atoms with van der Waals surface area (Å²) in [7, 11) is -9.76. The second-order valence-electron chi connectivity index (χ2n) is 11.8. The molecule has 2 fully saturated rings. The van der Waals surface area contributed by atoms with Crippen LogP contribution < -0.4 is 0 Å². The van der Waals surface area contributed by atoms with E-state index in [-0.39, 0.29) is 6.61 Å². The fraction of sp³-hybridized carbons (Fsp3) is 1.00. The predicted octanol–water partition coefficient (Wildman–Crippen LogP) is -0.849. The third-order valence-electron chi connectivity index (χ3n) is 7.87. The minimum Gasteiger partial charge on any atom is -0.394 e. The Hall–Kier alpha value is -0.660. The molecule has 2 aliphatic heterocycles. The molecular weight excluding hydrogens is 688 g/mol. The van der Waals surface area contributed by atoms with Gasteiger partial charge >= 0.3 is 20.8 Å². The van der Waals surface area contributed by atoms with Crippen LogP contribution in [0.1, 0.15) is 96.8 Å². The fourth-order valence-corrected chi connectivity index (χ4v) is 6.47. The summed E-state index contributed by atoms with van der Waals surface area (Å²) in [5.41, 5.74) is 0. The molecule has 10 atom stereocenters. The first-order chi connectivity index (χ1) is 22.6. The lowest BCUT2D eigenvalue weighted by Gasteiger charge is -2.45. The number of unbranched alkanes of at least 4 members (excludes halogenated alkanes) is 13. The topological polar surface area (TPSA) is 296 Å². The van der Waals surface area contributed by atoms with Crippen LogP contribution in [0, 0.1) is 0 Å². The largest absolute Gasteiger partial charge is 0.416 e. The number of hydrogen-bond acceptors (Lipinski definition) is 17. The van der Waals surface area contributed by atoms with E-state index in [4.69, 9.17) is 23.9 Å². The van der Waals surface area contributed by atoms with Gasteiger partial charge in [-0.2, -0.15) is 16.8 Å². The first-order valence-electron chi connectivity index (χ1n) is 16.4. The van der Waals surface area contributed by atoms with Gasteiger partial charge in [-0.05, 0) is 6.42 Å². The van der Waals surface area contributed by atoms with Crippen LogP contribution in [0.2, 0.25) is 0 Å². The minimum atomic E-state index is -5.07. The average molecular weight is 745 g/mol. The lowest BCUT2D eigenvalue weighted by atomic mass is 9.97. The van der Waals surface area contributed by atoms with E-state index in [1.54, 1.807) is 0 Å². The first-order valence-corrected chi connectivity index (χ1v) is 19.1. The number of aliphatic hydroxyl groups is 8. The Bertz CT molecular complexity index is 1040. The van der Waals surface area contributed by atoms with E-state index in [1.165, 1.54) is 64.2 Å². The molecular formula is C28H56O18S2. The Labute approximate surface area is 282 Å². The van der Waals surface area contributed by atoms with Crippen molar-refractivity contribution < 1.29 is 84.3 Å². The molecule has 48 heavy (non-hydrogen) atoms. The second-order valence-corrected chi connectivity index (χ2v) is 14.3. The van der Waals surface area contributed by atoms with E-state index >= 15 is 0 Å². The summed E-state index contributed by atoms with van der Waals surface area (Å²) in [6.07, 6.45) is 0.880. The number of hydrogen-bond donors (Lipinski definition) is 9. The summed E-state index contributed by atoms with van der Waals surface area (Å²) < 4.78 is 73.8. The van der Waals surface area contributed by atoms with Crippen LogP contribution in [0.25, 0.3) is 0 Å². The maximum absolute atomic E-state index is 11.0. The zero-order chi connectivity index (χ0) is 36.3. The number of ether oxygens (including phenoxy) is 3. The van der Waals surface area contributed by atoms with Gasteiger partial charge in [-0.3, -0.25) is 4.55 Å². The summed E-state index contributed by atoms with van der Waals surface area (Å²) >= 11 is 0. The molecule has 2 aliphatic rings. The van der Waals surface area contributed by atoms with Crippen LogP contribution in [0.3, 0.4) is 0 Å². The molecule has 0 spiro atoms. The van der Waals surface area contributed by atoms with Crippen molar-refractivity contribution in [1.29, 1.82) is 0 Å². The van der Waals surface area contributed by atoms with Crippen molar-refractivity contribution in [3.63, 3.8) is 0 Å².